The van der Waals surface area contributed by atoms with Gasteiger partial charge < -0.3 is 10.2 Å². The van der Waals surface area contributed by atoms with Crippen LogP contribution in [0.2, 0.25) is 0 Å². The van der Waals surface area contributed by atoms with Gasteiger partial charge in [-0.3, -0.25) is 9.48 Å². The summed E-state index contributed by atoms with van der Waals surface area (Å²) in [7, 11) is 1.88. The van der Waals surface area contributed by atoms with Gasteiger partial charge in [-0.25, -0.2) is 0 Å². The quantitative estimate of drug-likeness (QED) is 0.848. The van der Waals surface area contributed by atoms with Gasteiger partial charge in [0.1, 0.15) is 0 Å². The van der Waals surface area contributed by atoms with Crippen LogP contribution in [0.3, 0.4) is 0 Å². The van der Waals surface area contributed by atoms with Crippen LogP contribution < -0.4 is 5.32 Å². The second-order valence-corrected chi connectivity index (χ2v) is 5.82. The number of aromatic nitrogens is 2. The van der Waals surface area contributed by atoms with E-state index in [1.165, 1.54) is 0 Å². The standard InChI is InChI=1S/C14H22N4O.ClH/c1-10-13(9-16-17(10)2)14(19)18-5-3-11-7-15-8-12(11)4-6-18;/h9,11-12,15H,3-8H2,1-2H3;1H/t11-,12+;. The number of nitrogens with one attached hydrogen (secondary N) is 1. The monoisotopic (exact) mass is 298 g/mol. The lowest BCUT2D eigenvalue weighted by atomic mass is 9.92. The van der Waals surface area contributed by atoms with E-state index in [0.717, 1.165) is 62.1 Å². The van der Waals surface area contributed by atoms with Gasteiger partial charge in [0.05, 0.1) is 11.8 Å². The molecule has 0 radical (unpaired) electrons. The zero-order valence-corrected chi connectivity index (χ0v) is 12.9. The first-order chi connectivity index (χ1) is 9.16. The summed E-state index contributed by atoms with van der Waals surface area (Å²) in [5, 5.41) is 7.64. The van der Waals surface area contributed by atoms with Gasteiger partial charge in [-0.05, 0) is 44.7 Å². The molecule has 112 valence electrons. The van der Waals surface area contributed by atoms with Gasteiger partial charge in [-0.2, -0.15) is 5.10 Å². The van der Waals surface area contributed by atoms with Gasteiger partial charge in [-0.1, -0.05) is 0 Å². The normalized spacial score (nSPS) is 25.8. The van der Waals surface area contributed by atoms with Crippen molar-refractivity contribution in [2.24, 2.45) is 18.9 Å². The van der Waals surface area contributed by atoms with Crippen molar-refractivity contribution < 1.29 is 4.79 Å². The SMILES string of the molecule is Cc1c(C(=O)N2CC[C@@H]3CNC[C@@H]3CC2)cnn1C.Cl. The van der Waals surface area contributed by atoms with Crippen LogP contribution in [0.4, 0.5) is 0 Å². The number of aryl methyl sites for hydroxylation is 1. The molecule has 2 fully saturated rings. The van der Waals surface area contributed by atoms with Crippen molar-refractivity contribution >= 4 is 18.3 Å². The molecular weight excluding hydrogens is 276 g/mol. The molecule has 0 aliphatic carbocycles. The van der Waals surface area contributed by atoms with Crippen LogP contribution in [-0.2, 0) is 7.05 Å². The molecule has 0 bridgehead atoms. The first-order valence-electron chi connectivity index (χ1n) is 7.15. The van der Waals surface area contributed by atoms with Crippen molar-refractivity contribution in [2.75, 3.05) is 26.2 Å². The van der Waals surface area contributed by atoms with Gasteiger partial charge >= 0.3 is 0 Å². The van der Waals surface area contributed by atoms with Gasteiger partial charge in [0.15, 0.2) is 0 Å². The highest BCUT2D eigenvalue weighted by atomic mass is 35.5. The fourth-order valence-corrected chi connectivity index (χ4v) is 3.30. The topological polar surface area (TPSA) is 50.2 Å². The number of hydrogen-bond acceptors (Lipinski definition) is 3. The zero-order valence-electron chi connectivity index (χ0n) is 12.1. The molecule has 2 atom stereocenters. The lowest BCUT2D eigenvalue weighted by molar-refractivity contribution is 0.0757. The Morgan fingerprint density at radius 2 is 1.90 bits per heavy atom. The summed E-state index contributed by atoms with van der Waals surface area (Å²) < 4.78 is 1.77. The predicted octanol–water partition coefficient (Wildman–Crippen LogP) is 1.22. The molecule has 1 aromatic heterocycles. The minimum atomic E-state index is 0. The summed E-state index contributed by atoms with van der Waals surface area (Å²) in [5.41, 5.74) is 1.71. The van der Waals surface area contributed by atoms with Crippen LogP contribution in [0.15, 0.2) is 6.20 Å². The van der Waals surface area contributed by atoms with Crippen LogP contribution in [0.5, 0.6) is 0 Å². The van der Waals surface area contributed by atoms with Gasteiger partial charge in [0.25, 0.3) is 5.91 Å². The maximum absolute atomic E-state index is 12.6. The van der Waals surface area contributed by atoms with Crippen LogP contribution in [0.1, 0.15) is 28.9 Å². The zero-order chi connectivity index (χ0) is 13.4. The average molecular weight is 299 g/mol. The molecule has 3 heterocycles. The first-order valence-corrected chi connectivity index (χ1v) is 7.15. The van der Waals surface area contributed by atoms with Crippen LogP contribution in [0.25, 0.3) is 0 Å². The number of likely N-dealkylation sites (tertiary alicyclic amines) is 1. The van der Waals surface area contributed by atoms with E-state index in [-0.39, 0.29) is 18.3 Å². The Kier molecular flexibility index (Phi) is 4.70. The number of amides is 1. The van der Waals surface area contributed by atoms with E-state index in [2.05, 4.69) is 10.4 Å². The molecule has 20 heavy (non-hydrogen) atoms. The van der Waals surface area contributed by atoms with E-state index in [0.29, 0.717) is 0 Å². The smallest absolute Gasteiger partial charge is 0.257 e. The summed E-state index contributed by atoms with van der Waals surface area (Å²) >= 11 is 0. The van der Waals surface area contributed by atoms with Crippen molar-refractivity contribution in [3.63, 3.8) is 0 Å². The van der Waals surface area contributed by atoms with E-state index in [1.807, 2.05) is 18.9 Å². The molecular formula is C14H23ClN4O. The molecule has 5 nitrogen and oxygen atoms in total. The molecule has 6 heteroatoms. The van der Waals surface area contributed by atoms with E-state index in [1.54, 1.807) is 10.9 Å². The van der Waals surface area contributed by atoms with Crippen molar-refractivity contribution in [1.29, 1.82) is 0 Å². The van der Waals surface area contributed by atoms with Crippen LogP contribution >= 0.6 is 12.4 Å². The van der Waals surface area contributed by atoms with Crippen molar-refractivity contribution in [3.05, 3.63) is 17.5 Å². The lowest BCUT2D eigenvalue weighted by Gasteiger charge is -2.20. The number of hydrogen-bond donors (Lipinski definition) is 1. The third-order valence-corrected chi connectivity index (χ3v) is 4.77. The number of halogens is 1. The summed E-state index contributed by atoms with van der Waals surface area (Å²) in [5.74, 6) is 1.67. The Balaban J connectivity index is 0.00000147. The molecule has 1 N–H and O–H groups in total. The minimum Gasteiger partial charge on any atom is -0.339 e. The summed E-state index contributed by atoms with van der Waals surface area (Å²) in [6, 6.07) is 0. The van der Waals surface area contributed by atoms with Crippen molar-refractivity contribution in [3.8, 4) is 0 Å². The molecule has 2 saturated heterocycles. The van der Waals surface area contributed by atoms with E-state index in [4.69, 9.17) is 0 Å². The minimum absolute atomic E-state index is 0. The summed E-state index contributed by atoms with van der Waals surface area (Å²) in [6.45, 7) is 5.97. The molecule has 1 amide bonds. The van der Waals surface area contributed by atoms with Crippen molar-refractivity contribution in [2.45, 2.75) is 19.8 Å². The predicted molar refractivity (Wildman–Crippen MR) is 80.2 cm³/mol. The summed E-state index contributed by atoms with van der Waals surface area (Å²) in [6.07, 6.45) is 3.95. The summed E-state index contributed by atoms with van der Waals surface area (Å²) in [4.78, 5) is 14.6. The molecule has 3 rings (SSSR count). The fraction of sp³-hybridized carbons (Fsp3) is 0.714. The van der Waals surface area contributed by atoms with E-state index >= 15 is 0 Å². The van der Waals surface area contributed by atoms with E-state index in [9.17, 15) is 4.79 Å². The molecule has 0 saturated carbocycles. The number of nitrogens with zero attached hydrogens (tertiary/aromatic N) is 3. The molecule has 2 aliphatic rings. The maximum atomic E-state index is 12.6. The van der Waals surface area contributed by atoms with Crippen molar-refractivity contribution in [1.82, 2.24) is 20.0 Å². The largest absolute Gasteiger partial charge is 0.339 e. The first kappa shape index (κ1) is 15.3. The molecule has 0 aromatic carbocycles. The Morgan fingerprint density at radius 3 is 2.40 bits per heavy atom. The van der Waals surface area contributed by atoms with Gasteiger partial charge in [0.2, 0.25) is 0 Å². The third-order valence-electron chi connectivity index (χ3n) is 4.77. The van der Waals surface area contributed by atoms with E-state index < -0.39 is 0 Å². The van der Waals surface area contributed by atoms with Crippen LogP contribution in [0, 0.1) is 18.8 Å². The third kappa shape index (κ3) is 2.69. The second-order valence-electron chi connectivity index (χ2n) is 5.82. The average Bonchev–Trinajstić information content (AvgIpc) is 2.92. The van der Waals surface area contributed by atoms with Crippen LogP contribution in [-0.4, -0.2) is 46.8 Å². The number of carbonyl (C=O) groups excluding carboxylic acids is 1. The highest BCUT2D eigenvalue weighted by Crippen LogP contribution is 2.27. The lowest BCUT2D eigenvalue weighted by Crippen LogP contribution is -2.33. The maximum Gasteiger partial charge on any atom is 0.257 e. The Labute approximate surface area is 126 Å². The Morgan fingerprint density at radius 1 is 1.30 bits per heavy atom. The number of carbonyl (C=O) groups is 1. The number of fused-ring (bicyclic) bond motifs is 1. The molecule has 0 unspecified atom stereocenters. The highest BCUT2D eigenvalue weighted by molar-refractivity contribution is 5.95. The molecule has 0 spiro atoms. The second kappa shape index (κ2) is 6.14. The molecule has 2 aliphatic heterocycles. The van der Waals surface area contributed by atoms with Gasteiger partial charge in [0, 0.05) is 25.8 Å². The molecule has 1 aromatic rings. The fourth-order valence-electron chi connectivity index (χ4n) is 3.30. The van der Waals surface area contributed by atoms with Gasteiger partial charge in [-0.15, -0.1) is 12.4 Å². The Hall–Kier alpha value is -1.07. The highest BCUT2D eigenvalue weighted by Gasteiger charge is 2.32. The number of rotatable bonds is 1. The Bertz CT molecular complexity index is 474.